The Morgan fingerprint density at radius 1 is 1.21 bits per heavy atom. The molecular weight excluding hydrogens is 246 g/mol. The molecule has 1 heterocycles. The molecule has 1 aliphatic heterocycles. The quantitative estimate of drug-likeness (QED) is 0.896. The zero-order valence-corrected chi connectivity index (χ0v) is 11.9. The van der Waals surface area contributed by atoms with Gasteiger partial charge in [0.05, 0.1) is 39.0 Å². The summed E-state index contributed by atoms with van der Waals surface area (Å²) in [7, 11) is 5.16. The van der Waals surface area contributed by atoms with Crippen molar-refractivity contribution < 1.29 is 18.9 Å². The molecule has 1 aromatic rings. The lowest BCUT2D eigenvalue weighted by Crippen LogP contribution is -2.47. The number of hydrogen-bond acceptors (Lipinski definition) is 5. The largest absolute Gasteiger partial charge is 0.497 e. The molecule has 0 unspecified atom stereocenters. The van der Waals surface area contributed by atoms with E-state index in [0.717, 1.165) is 17.1 Å². The summed E-state index contributed by atoms with van der Waals surface area (Å²) in [5.41, 5.74) is 0.837. The molecule has 1 aliphatic rings. The minimum absolute atomic E-state index is 0.213. The lowest BCUT2D eigenvalue weighted by molar-refractivity contribution is -0.273. The van der Waals surface area contributed by atoms with E-state index in [2.05, 4.69) is 5.32 Å². The molecule has 19 heavy (non-hydrogen) atoms. The molecule has 2 rings (SSSR count). The second kappa shape index (κ2) is 5.77. The molecular formula is C14H21NO4. The summed E-state index contributed by atoms with van der Waals surface area (Å²) in [5.74, 6) is 0.666. The third kappa shape index (κ3) is 2.83. The Hall–Kier alpha value is -1.30. The average Bonchev–Trinajstić information content (AvgIpc) is 2.47. The summed E-state index contributed by atoms with van der Waals surface area (Å²) < 4.78 is 22.4. The molecule has 0 aromatic heterocycles. The van der Waals surface area contributed by atoms with E-state index in [-0.39, 0.29) is 6.04 Å². The zero-order chi connectivity index (χ0) is 13.9. The molecule has 5 heteroatoms. The highest BCUT2D eigenvalue weighted by Gasteiger charge is 2.37. The van der Waals surface area contributed by atoms with E-state index < -0.39 is 5.79 Å². The third-order valence-electron chi connectivity index (χ3n) is 3.42. The fourth-order valence-corrected chi connectivity index (χ4v) is 2.10. The van der Waals surface area contributed by atoms with Gasteiger partial charge in [-0.1, -0.05) is 0 Å². The van der Waals surface area contributed by atoms with Crippen LogP contribution in [0.25, 0.3) is 0 Å². The first-order valence-corrected chi connectivity index (χ1v) is 6.30. The number of rotatable bonds is 4. The van der Waals surface area contributed by atoms with Crippen molar-refractivity contribution in [1.29, 1.82) is 0 Å². The van der Waals surface area contributed by atoms with Gasteiger partial charge in [0.15, 0.2) is 5.79 Å². The fourth-order valence-electron chi connectivity index (χ4n) is 2.10. The first-order chi connectivity index (χ1) is 9.12. The number of benzene rings is 1. The lowest BCUT2D eigenvalue weighted by Gasteiger charge is -2.38. The normalized spacial score (nSPS) is 27.1. The van der Waals surface area contributed by atoms with E-state index in [9.17, 15) is 0 Å². The number of hydrogen-bond donors (Lipinski definition) is 1. The zero-order valence-electron chi connectivity index (χ0n) is 11.9. The van der Waals surface area contributed by atoms with Crippen LogP contribution in [0.3, 0.4) is 0 Å². The molecule has 1 N–H and O–H groups in total. The van der Waals surface area contributed by atoms with Gasteiger partial charge in [0.25, 0.3) is 0 Å². The van der Waals surface area contributed by atoms with Crippen LogP contribution in [0.1, 0.15) is 12.5 Å². The molecule has 1 fully saturated rings. The second-order valence-corrected chi connectivity index (χ2v) is 4.62. The van der Waals surface area contributed by atoms with Gasteiger partial charge in [-0.15, -0.1) is 0 Å². The molecule has 5 nitrogen and oxygen atoms in total. The summed E-state index contributed by atoms with van der Waals surface area (Å²) in [4.78, 5) is 0. The van der Waals surface area contributed by atoms with Crippen LogP contribution in [-0.2, 0) is 15.3 Å². The van der Waals surface area contributed by atoms with Crippen molar-refractivity contribution in [3.63, 3.8) is 0 Å². The van der Waals surface area contributed by atoms with Gasteiger partial charge in [-0.3, -0.25) is 0 Å². The molecule has 0 spiro atoms. The van der Waals surface area contributed by atoms with Gasteiger partial charge in [-0.05, 0) is 32.2 Å². The highest BCUT2D eigenvalue weighted by molar-refractivity contribution is 5.43. The molecule has 1 aromatic carbocycles. The maximum atomic E-state index is 5.88. The van der Waals surface area contributed by atoms with E-state index >= 15 is 0 Å². The van der Waals surface area contributed by atoms with Crippen molar-refractivity contribution in [2.45, 2.75) is 18.8 Å². The Kier molecular flexibility index (Phi) is 4.29. The predicted octanol–water partition coefficient (Wildman–Crippen LogP) is 1.51. The van der Waals surface area contributed by atoms with Crippen LogP contribution in [0.2, 0.25) is 0 Å². The minimum atomic E-state index is -0.812. The Balaban J connectivity index is 2.29. The van der Waals surface area contributed by atoms with Gasteiger partial charge in [-0.25, -0.2) is 0 Å². The van der Waals surface area contributed by atoms with Gasteiger partial charge in [0.1, 0.15) is 11.5 Å². The number of ether oxygens (including phenoxy) is 4. The predicted molar refractivity (Wildman–Crippen MR) is 71.6 cm³/mol. The highest BCUT2D eigenvalue weighted by atomic mass is 16.7. The second-order valence-electron chi connectivity index (χ2n) is 4.62. The first kappa shape index (κ1) is 14.1. The van der Waals surface area contributed by atoms with Crippen LogP contribution in [0.4, 0.5) is 0 Å². The van der Waals surface area contributed by atoms with E-state index in [1.165, 1.54) is 0 Å². The topological polar surface area (TPSA) is 49.0 Å². The summed E-state index contributed by atoms with van der Waals surface area (Å²) >= 11 is 0. The van der Waals surface area contributed by atoms with Crippen molar-refractivity contribution in [2.24, 2.45) is 0 Å². The monoisotopic (exact) mass is 267 g/mol. The molecule has 0 amide bonds. The van der Waals surface area contributed by atoms with Crippen molar-refractivity contribution >= 4 is 0 Å². The maximum absolute atomic E-state index is 5.88. The molecule has 0 radical (unpaired) electrons. The molecule has 0 atom stereocenters. The van der Waals surface area contributed by atoms with Crippen LogP contribution in [0.15, 0.2) is 18.2 Å². The van der Waals surface area contributed by atoms with Crippen molar-refractivity contribution in [3.05, 3.63) is 23.8 Å². The van der Waals surface area contributed by atoms with Crippen molar-refractivity contribution in [3.8, 4) is 11.5 Å². The summed E-state index contributed by atoms with van der Waals surface area (Å²) in [6.45, 7) is 3.08. The van der Waals surface area contributed by atoms with Crippen LogP contribution >= 0.6 is 0 Å². The van der Waals surface area contributed by atoms with Crippen LogP contribution < -0.4 is 14.8 Å². The standard InChI is InChI=1S/C14H21NO4/c1-14(18-8-10(15-2)9-19-14)12-7-11(16-3)5-6-13(12)17-4/h5-7,10,15H,8-9H2,1-4H3. The molecule has 0 saturated carbocycles. The number of likely N-dealkylation sites (N-methyl/N-ethyl adjacent to an activating group) is 1. The van der Waals surface area contributed by atoms with Crippen LogP contribution in [0, 0.1) is 0 Å². The van der Waals surface area contributed by atoms with Crippen molar-refractivity contribution in [1.82, 2.24) is 5.32 Å². The van der Waals surface area contributed by atoms with Gasteiger partial charge >= 0.3 is 0 Å². The van der Waals surface area contributed by atoms with E-state index in [1.807, 2.05) is 32.2 Å². The molecule has 0 aliphatic carbocycles. The van der Waals surface area contributed by atoms with Gasteiger partial charge in [-0.2, -0.15) is 0 Å². The summed E-state index contributed by atoms with van der Waals surface area (Å²) in [5, 5.41) is 3.14. The molecule has 106 valence electrons. The number of nitrogens with one attached hydrogen (secondary N) is 1. The third-order valence-corrected chi connectivity index (χ3v) is 3.42. The van der Waals surface area contributed by atoms with Crippen molar-refractivity contribution in [2.75, 3.05) is 34.5 Å². The SMILES string of the molecule is CNC1COC(C)(c2cc(OC)ccc2OC)OC1. The Morgan fingerprint density at radius 2 is 1.89 bits per heavy atom. The smallest absolute Gasteiger partial charge is 0.195 e. The Bertz CT molecular complexity index is 427. The molecule has 0 bridgehead atoms. The van der Waals surface area contributed by atoms with E-state index in [4.69, 9.17) is 18.9 Å². The van der Waals surface area contributed by atoms with E-state index in [1.54, 1.807) is 14.2 Å². The van der Waals surface area contributed by atoms with Gasteiger partial charge in [0, 0.05) is 0 Å². The minimum Gasteiger partial charge on any atom is -0.497 e. The Morgan fingerprint density at radius 3 is 2.42 bits per heavy atom. The van der Waals surface area contributed by atoms with Crippen LogP contribution in [0.5, 0.6) is 11.5 Å². The lowest BCUT2D eigenvalue weighted by atomic mass is 10.0. The highest BCUT2D eigenvalue weighted by Crippen LogP contribution is 2.38. The van der Waals surface area contributed by atoms with E-state index in [0.29, 0.717) is 13.2 Å². The first-order valence-electron chi connectivity index (χ1n) is 6.30. The number of methoxy groups -OCH3 is 2. The fraction of sp³-hybridized carbons (Fsp3) is 0.571. The molecule has 1 saturated heterocycles. The van der Waals surface area contributed by atoms with Crippen LogP contribution in [-0.4, -0.2) is 40.5 Å². The summed E-state index contributed by atoms with van der Waals surface area (Å²) in [6.07, 6.45) is 0. The van der Waals surface area contributed by atoms with Gasteiger partial charge < -0.3 is 24.3 Å². The Labute approximate surface area is 113 Å². The average molecular weight is 267 g/mol. The summed E-state index contributed by atoms with van der Waals surface area (Å²) in [6, 6.07) is 5.81. The maximum Gasteiger partial charge on any atom is 0.195 e. The van der Waals surface area contributed by atoms with Gasteiger partial charge in [0.2, 0.25) is 0 Å².